The fourth-order valence-electron chi connectivity index (χ4n) is 6.77. The van der Waals surface area contributed by atoms with E-state index in [2.05, 4.69) is 34.9 Å². The summed E-state index contributed by atoms with van der Waals surface area (Å²) in [7, 11) is 0. The van der Waals surface area contributed by atoms with Gasteiger partial charge in [0.2, 0.25) is 0 Å². The maximum absolute atomic E-state index is 13.7. The molecule has 10 aromatic rings. The number of para-hydroxylation sites is 2. The van der Waals surface area contributed by atoms with Crippen molar-refractivity contribution in [2.45, 2.75) is 0 Å². The lowest BCUT2D eigenvalue weighted by molar-refractivity contribution is 0.616. The maximum atomic E-state index is 13.7. The summed E-state index contributed by atoms with van der Waals surface area (Å²) in [4.78, 5) is 33.5. The summed E-state index contributed by atoms with van der Waals surface area (Å²) in [5, 5.41) is 2.60. The van der Waals surface area contributed by atoms with E-state index in [1.165, 1.54) is 0 Å². The van der Waals surface area contributed by atoms with Gasteiger partial charge >= 0.3 is 5.84 Å². The Labute approximate surface area is 278 Å². The molecule has 0 atom stereocenters. The highest BCUT2D eigenvalue weighted by atomic mass is 16.4. The third kappa shape index (κ3) is 4.21. The molecule has 4 aromatic heterocycles. The lowest BCUT2D eigenvalue weighted by Crippen LogP contribution is -2.12. The van der Waals surface area contributed by atoms with Gasteiger partial charge in [-0.3, -0.25) is 4.79 Å². The SMILES string of the molecule is O=c1c2ccccc2oc2nc3c4c(ccc3n12)c1ccccc1n4-c1cccc(-c2nc(-c3ccccc3)nc(-c3ccccc3)n2)c1. The average Bonchev–Trinajstić information content (AvgIpc) is 3.71. The van der Waals surface area contributed by atoms with Crippen LogP contribution < -0.4 is 5.56 Å². The van der Waals surface area contributed by atoms with Gasteiger partial charge in [-0.25, -0.2) is 19.4 Å². The minimum Gasteiger partial charge on any atom is -0.424 e. The van der Waals surface area contributed by atoms with Gasteiger partial charge < -0.3 is 8.98 Å². The molecule has 0 amide bonds. The smallest absolute Gasteiger partial charge is 0.310 e. The molecule has 0 saturated carbocycles. The van der Waals surface area contributed by atoms with Crippen molar-refractivity contribution < 1.29 is 4.42 Å². The number of imidazole rings is 1. The van der Waals surface area contributed by atoms with Gasteiger partial charge in [-0.05, 0) is 42.5 Å². The Bertz CT molecular complexity index is 2910. The second kappa shape index (κ2) is 10.5. The van der Waals surface area contributed by atoms with Crippen molar-refractivity contribution in [2.24, 2.45) is 0 Å². The summed E-state index contributed by atoms with van der Waals surface area (Å²) in [6.45, 7) is 0. The molecule has 6 aromatic carbocycles. The molecule has 0 radical (unpaired) electrons. The summed E-state index contributed by atoms with van der Waals surface area (Å²) in [5.41, 5.74) is 7.14. The van der Waals surface area contributed by atoms with Crippen LogP contribution in [0.5, 0.6) is 0 Å². The summed E-state index contributed by atoms with van der Waals surface area (Å²) in [6, 6.07) is 47.7. The fraction of sp³-hybridized carbons (Fsp3) is 0. The third-order valence-electron chi connectivity index (χ3n) is 9.01. The highest BCUT2D eigenvalue weighted by Crippen LogP contribution is 2.37. The topological polar surface area (TPSA) is 91.1 Å². The van der Waals surface area contributed by atoms with E-state index in [1.807, 2.05) is 103 Å². The molecule has 0 saturated heterocycles. The average molecular weight is 633 g/mol. The van der Waals surface area contributed by atoms with E-state index in [9.17, 15) is 4.79 Å². The van der Waals surface area contributed by atoms with E-state index in [0.29, 0.717) is 39.5 Å². The standard InChI is InChI=1S/C41H24N6O2/c48-40-31-19-8-10-21-34(31)49-41-42-35-33(47(40)41)23-22-30-29-18-7-9-20-32(29)46(36(30)35)28-17-11-16-27(24-28)39-44-37(25-12-3-1-4-13-25)43-38(45-39)26-14-5-2-6-15-26/h1-24H. The van der Waals surface area contributed by atoms with E-state index in [1.54, 1.807) is 16.5 Å². The van der Waals surface area contributed by atoms with Crippen molar-refractivity contribution in [3.05, 3.63) is 156 Å². The van der Waals surface area contributed by atoms with Gasteiger partial charge in [-0.2, -0.15) is 4.98 Å². The molecule has 0 fully saturated rings. The van der Waals surface area contributed by atoms with Crippen molar-refractivity contribution in [1.29, 1.82) is 0 Å². The molecule has 8 heteroatoms. The molecule has 10 rings (SSSR count). The monoisotopic (exact) mass is 632 g/mol. The minimum absolute atomic E-state index is 0.165. The Balaban J connectivity index is 1.24. The second-order valence-electron chi connectivity index (χ2n) is 11.9. The van der Waals surface area contributed by atoms with Crippen LogP contribution >= 0.6 is 0 Å². The van der Waals surface area contributed by atoms with Gasteiger partial charge in [-0.1, -0.05) is 103 Å². The number of hydrogen-bond acceptors (Lipinski definition) is 6. The van der Waals surface area contributed by atoms with Gasteiger partial charge in [0.05, 0.1) is 21.9 Å². The van der Waals surface area contributed by atoms with Crippen LogP contribution in [0.3, 0.4) is 0 Å². The molecule has 230 valence electrons. The first-order chi connectivity index (χ1) is 24.2. The largest absolute Gasteiger partial charge is 0.424 e. The molecule has 4 heterocycles. The molecule has 0 aliphatic heterocycles. The Hall–Kier alpha value is -6.93. The van der Waals surface area contributed by atoms with Crippen LogP contribution in [0.1, 0.15) is 0 Å². The molecule has 0 aliphatic carbocycles. The number of nitrogens with zero attached hydrogens (tertiary/aromatic N) is 6. The van der Waals surface area contributed by atoms with Crippen LogP contribution in [-0.4, -0.2) is 28.9 Å². The van der Waals surface area contributed by atoms with Crippen LogP contribution in [0.2, 0.25) is 0 Å². The Morgan fingerprint density at radius 2 is 1.10 bits per heavy atom. The van der Waals surface area contributed by atoms with Crippen molar-refractivity contribution in [2.75, 3.05) is 0 Å². The minimum atomic E-state index is -0.165. The molecular formula is C41H24N6O2. The zero-order valence-electron chi connectivity index (χ0n) is 25.9. The number of aromatic nitrogens is 6. The predicted molar refractivity (Wildman–Crippen MR) is 193 cm³/mol. The van der Waals surface area contributed by atoms with E-state index in [4.69, 9.17) is 24.4 Å². The Morgan fingerprint density at radius 3 is 1.84 bits per heavy atom. The highest BCUT2D eigenvalue weighted by Gasteiger charge is 2.21. The van der Waals surface area contributed by atoms with Crippen molar-refractivity contribution in [1.82, 2.24) is 28.9 Å². The highest BCUT2D eigenvalue weighted by molar-refractivity contribution is 6.17. The van der Waals surface area contributed by atoms with Gasteiger partial charge in [0, 0.05) is 33.2 Å². The van der Waals surface area contributed by atoms with Gasteiger partial charge in [-0.15, -0.1) is 0 Å². The summed E-state index contributed by atoms with van der Waals surface area (Å²) >= 11 is 0. The molecule has 0 bridgehead atoms. The number of benzene rings is 6. The van der Waals surface area contributed by atoms with Gasteiger partial charge in [0.15, 0.2) is 17.5 Å². The second-order valence-corrected chi connectivity index (χ2v) is 11.9. The third-order valence-corrected chi connectivity index (χ3v) is 9.01. The van der Waals surface area contributed by atoms with Crippen molar-refractivity contribution in [3.8, 4) is 39.9 Å². The lowest BCUT2D eigenvalue weighted by atomic mass is 10.1. The number of fused-ring (bicyclic) bond motifs is 8. The predicted octanol–water partition coefficient (Wildman–Crippen LogP) is 8.88. The normalized spacial score (nSPS) is 11.8. The molecule has 0 spiro atoms. The first-order valence-corrected chi connectivity index (χ1v) is 16.0. The fourth-order valence-corrected chi connectivity index (χ4v) is 6.77. The summed E-state index contributed by atoms with van der Waals surface area (Å²) in [6.07, 6.45) is 0. The van der Waals surface area contributed by atoms with Crippen LogP contribution in [0.15, 0.2) is 155 Å². The van der Waals surface area contributed by atoms with Crippen LogP contribution in [0, 0.1) is 0 Å². The van der Waals surface area contributed by atoms with Crippen molar-refractivity contribution in [3.63, 3.8) is 0 Å². The van der Waals surface area contributed by atoms with E-state index < -0.39 is 0 Å². The molecular weight excluding hydrogens is 608 g/mol. The molecule has 49 heavy (non-hydrogen) atoms. The van der Waals surface area contributed by atoms with E-state index in [0.717, 1.165) is 44.2 Å². The maximum Gasteiger partial charge on any atom is 0.310 e. The molecule has 0 N–H and O–H groups in total. The first kappa shape index (κ1) is 27.2. The van der Waals surface area contributed by atoms with E-state index >= 15 is 0 Å². The van der Waals surface area contributed by atoms with Gasteiger partial charge in [0.1, 0.15) is 11.1 Å². The summed E-state index contributed by atoms with van der Waals surface area (Å²) < 4.78 is 9.94. The number of hydrogen-bond donors (Lipinski definition) is 0. The Kier molecular flexibility index (Phi) is 5.86. The Morgan fingerprint density at radius 1 is 0.490 bits per heavy atom. The molecule has 0 unspecified atom stereocenters. The zero-order chi connectivity index (χ0) is 32.5. The first-order valence-electron chi connectivity index (χ1n) is 16.0. The lowest BCUT2D eigenvalue weighted by Gasteiger charge is -2.11. The molecule has 0 aliphatic rings. The molecule has 8 nitrogen and oxygen atoms in total. The van der Waals surface area contributed by atoms with Gasteiger partial charge in [0.25, 0.3) is 5.56 Å². The number of rotatable bonds is 4. The van der Waals surface area contributed by atoms with Crippen molar-refractivity contribution >= 4 is 49.7 Å². The van der Waals surface area contributed by atoms with Crippen LogP contribution in [-0.2, 0) is 0 Å². The van der Waals surface area contributed by atoms with Crippen LogP contribution in [0.25, 0.3) is 89.5 Å². The van der Waals surface area contributed by atoms with E-state index in [-0.39, 0.29) is 11.4 Å². The quantitative estimate of drug-likeness (QED) is 0.193. The summed E-state index contributed by atoms with van der Waals surface area (Å²) in [5.74, 6) is 2.02. The van der Waals surface area contributed by atoms with Crippen LogP contribution in [0.4, 0.5) is 0 Å². The zero-order valence-corrected chi connectivity index (χ0v) is 25.9.